The fraction of sp³-hybridized carbons (Fsp3) is 0.368. The van der Waals surface area contributed by atoms with Gasteiger partial charge >= 0.3 is 0 Å². The minimum Gasteiger partial charge on any atom is -0.368 e. The van der Waals surface area contributed by atoms with Crippen molar-refractivity contribution in [1.82, 2.24) is 5.32 Å². The van der Waals surface area contributed by atoms with Crippen molar-refractivity contribution in [3.63, 3.8) is 0 Å². The summed E-state index contributed by atoms with van der Waals surface area (Å²) in [6.07, 6.45) is 0. The van der Waals surface area contributed by atoms with Crippen molar-refractivity contribution in [2.45, 2.75) is 26.3 Å². The molecule has 1 saturated heterocycles. The van der Waals surface area contributed by atoms with Gasteiger partial charge in [0, 0.05) is 25.3 Å². The van der Waals surface area contributed by atoms with Gasteiger partial charge in [-0.3, -0.25) is 0 Å². The number of benzene rings is 2. The number of piperazine rings is 1. The van der Waals surface area contributed by atoms with Crippen molar-refractivity contribution in [2.75, 3.05) is 24.5 Å². The molecule has 0 bridgehead atoms. The van der Waals surface area contributed by atoms with Gasteiger partial charge in [-0.05, 0) is 49.6 Å². The summed E-state index contributed by atoms with van der Waals surface area (Å²) < 4.78 is 0. The molecule has 1 aliphatic heterocycles. The molecule has 0 radical (unpaired) electrons. The van der Waals surface area contributed by atoms with E-state index in [2.05, 4.69) is 79.5 Å². The van der Waals surface area contributed by atoms with Crippen LogP contribution in [0.15, 0.2) is 48.5 Å². The lowest BCUT2D eigenvalue weighted by Crippen LogP contribution is -2.56. The molecule has 1 heterocycles. The lowest BCUT2D eigenvalue weighted by atomic mass is 9.89. The first-order valence-corrected chi connectivity index (χ1v) is 7.71. The summed E-state index contributed by atoms with van der Waals surface area (Å²) in [4.78, 5) is 2.50. The highest BCUT2D eigenvalue weighted by atomic mass is 15.2. The Balaban J connectivity index is 1.87. The van der Waals surface area contributed by atoms with Crippen molar-refractivity contribution < 1.29 is 0 Å². The van der Waals surface area contributed by atoms with Crippen molar-refractivity contribution in [1.29, 1.82) is 0 Å². The van der Waals surface area contributed by atoms with Crippen molar-refractivity contribution in [2.24, 2.45) is 0 Å². The van der Waals surface area contributed by atoms with E-state index in [4.69, 9.17) is 0 Å². The van der Waals surface area contributed by atoms with E-state index >= 15 is 0 Å². The summed E-state index contributed by atoms with van der Waals surface area (Å²) in [5.41, 5.74) is 5.44. The molecule has 110 valence electrons. The average molecular weight is 280 g/mol. The summed E-state index contributed by atoms with van der Waals surface area (Å²) >= 11 is 0. The van der Waals surface area contributed by atoms with Crippen LogP contribution < -0.4 is 10.2 Å². The second-order valence-corrected chi connectivity index (χ2v) is 6.32. The Morgan fingerprint density at radius 2 is 1.76 bits per heavy atom. The maximum absolute atomic E-state index is 3.70. The first-order chi connectivity index (χ1) is 10.1. The van der Waals surface area contributed by atoms with E-state index in [-0.39, 0.29) is 5.54 Å². The first kappa shape index (κ1) is 14.2. The van der Waals surface area contributed by atoms with Crippen LogP contribution in [0.25, 0.3) is 0 Å². The number of nitrogens with one attached hydrogen (secondary N) is 1. The van der Waals surface area contributed by atoms with E-state index in [1.165, 1.54) is 22.4 Å². The lowest BCUT2D eigenvalue weighted by molar-refractivity contribution is 0.332. The van der Waals surface area contributed by atoms with Gasteiger partial charge in [0.2, 0.25) is 0 Å². The standard InChI is InChI=1S/C19H24N2/c1-15-9-10-18(13-16(15)2)21-12-11-20-19(3,14-21)17-7-5-4-6-8-17/h4-10,13,20H,11-12,14H2,1-3H3. The molecule has 3 rings (SSSR count). The predicted molar refractivity (Wildman–Crippen MR) is 89.9 cm³/mol. The van der Waals surface area contributed by atoms with Gasteiger partial charge in [0.05, 0.1) is 5.54 Å². The quantitative estimate of drug-likeness (QED) is 0.903. The van der Waals surface area contributed by atoms with E-state index in [1.54, 1.807) is 0 Å². The van der Waals surface area contributed by atoms with Crippen molar-refractivity contribution in [3.05, 3.63) is 65.2 Å². The maximum atomic E-state index is 3.70. The highest BCUT2D eigenvalue weighted by Crippen LogP contribution is 2.28. The third-order valence-corrected chi connectivity index (χ3v) is 4.67. The summed E-state index contributed by atoms with van der Waals surface area (Å²) in [6, 6.07) is 17.6. The zero-order valence-corrected chi connectivity index (χ0v) is 13.2. The number of anilines is 1. The highest BCUT2D eigenvalue weighted by molar-refractivity contribution is 5.52. The molecular formula is C19H24N2. The maximum Gasteiger partial charge on any atom is 0.0584 e. The molecule has 0 aliphatic carbocycles. The Labute approximate surface area is 127 Å². The van der Waals surface area contributed by atoms with E-state index in [0.717, 1.165) is 19.6 Å². The van der Waals surface area contributed by atoms with Gasteiger partial charge in [-0.1, -0.05) is 36.4 Å². The molecule has 21 heavy (non-hydrogen) atoms. The molecule has 2 nitrogen and oxygen atoms in total. The lowest BCUT2D eigenvalue weighted by Gasteiger charge is -2.43. The SMILES string of the molecule is Cc1ccc(N2CCNC(C)(c3ccccc3)C2)cc1C. The molecule has 1 unspecified atom stereocenters. The molecule has 0 amide bonds. The van der Waals surface area contributed by atoms with E-state index in [0.29, 0.717) is 0 Å². The van der Waals surface area contributed by atoms with Crippen LogP contribution in [0.1, 0.15) is 23.6 Å². The monoisotopic (exact) mass is 280 g/mol. The number of aryl methyl sites for hydroxylation is 2. The average Bonchev–Trinajstić information content (AvgIpc) is 2.51. The van der Waals surface area contributed by atoms with Crippen LogP contribution in [0.4, 0.5) is 5.69 Å². The molecule has 1 atom stereocenters. The fourth-order valence-electron chi connectivity index (χ4n) is 3.13. The molecule has 2 aromatic carbocycles. The fourth-order valence-corrected chi connectivity index (χ4v) is 3.13. The van der Waals surface area contributed by atoms with Crippen LogP contribution in [-0.4, -0.2) is 19.6 Å². The molecule has 0 aromatic heterocycles. The minimum absolute atomic E-state index is 0.0122. The molecule has 2 aromatic rings. The molecule has 1 N–H and O–H groups in total. The normalized spacial score (nSPS) is 22.3. The van der Waals surface area contributed by atoms with E-state index in [1.807, 2.05) is 0 Å². The Hall–Kier alpha value is -1.80. The van der Waals surface area contributed by atoms with Crippen molar-refractivity contribution in [3.8, 4) is 0 Å². The second-order valence-electron chi connectivity index (χ2n) is 6.32. The second kappa shape index (κ2) is 5.53. The zero-order valence-electron chi connectivity index (χ0n) is 13.2. The highest BCUT2D eigenvalue weighted by Gasteiger charge is 2.32. The van der Waals surface area contributed by atoms with Crippen LogP contribution in [0.5, 0.6) is 0 Å². The largest absolute Gasteiger partial charge is 0.368 e. The number of nitrogens with zero attached hydrogens (tertiary/aromatic N) is 1. The van der Waals surface area contributed by atoms with Crippen LogP contribution in [0.3, 0.4) is 0 Å². The van der Waals surface area contributed by atoms with E-state index < -0.39 is 0 Å². The Kier molecular flexibility index (Phi) is 3.73. The Morgan fingerprint density at radius 3 is 2.48 bits per heavy atom. The van der Waals surface area contributed by atoms with Gasteiger partial charge in [0.25, 0.3) is 0 Å². The zero-order chi connectivity index (χ0) is 14.9. The smallest absolute Gasteiger partial charge is 0.0584 e. The predicted octanol–water partition coefficient (Wildman–Crippen LogP) is 3.63. The molecule has 1 aliphatic rings. The number of hydrogen-bond acceptors (Lipinski definition) is 2. The summed E-state index contributed by atoms with van der Waals surface area (Å²) in [7, 11) is 0. The summed E-state index contributed by atoms with van der Waals surface area (Å²) in [6.45, 7) is 9.74. The summed E-state index contributed by atoms with van der Waals surface area (Å²) in [5.74, 6) is 0. The Bertz CT molecular complexity index is 621. The molecule has 0 saturated carbocycles. The van der Waals surface area contributed by atoms with Crippen LogP contribution in [0.2, 0.25) is 0 Å². The van der Waals surface area contributed by atoms with Gasteiger partial charge in [-0.25, -0.2) is 0 Å². The van der Waals surface area contributed by atoms with Gasteiger partial charge in [0.1, 0.15) is 0 Å². The van der Waals surface area contributed by atoms with Gasteiger partial charge in [0.15, 0.2) is 0 Å². The third kappa shape index (κ3) is 2.81. The summed E-state index contributed by atoms with van der Waals surface area (Å²) in [5, 5.41) is 3.70. The molecule has 0 spiro atoms. The molecule has 1 fully saturated rings. The first-order valence-electron chi connectivity index (χ1n) is 7.71. The minimum atomic E-state index is 0.0122. The van der Waals surface area contributed by atoms with Crippen LogP contribution in [0, 0.1) is 13.8 Å². The van der Waals surface area contributed by atoms with E-state index in [9.17, 15) is 0 Å². The van der Waals surface area contributed by atoms with Crippen LogP contribution >= 0.6 is 0 Å². The molecular weight excluding hydrogens is 256 g/mol. The number of hydrogen-bond donors (Lipinski definition) is 1. The molecule has 2 heteroatoms. The van der Waals surface area contributed by atoms with Gasteiger partial charge < -0.3 is 10.2 Å². The number of rotatable bonds is 2. The van der Waals surface area contributed by atoms with Gasteiger partial charge in [-0.15, -0.1) is 0 Å². The topological polar surface area (TPSA) is 15.3 Å². The Morgan fingerprint density at radius 1 is 1.00 bits per heavy atom. The van der Waals surface area contributed by atoms with Gasteiger partial charge in [-0.2, -0.15) is 0 Å². The van der Waals surface area contributed by atoms with Crippen LogP contribution in [-0.2, 0) is 5.54 Å². The third-order valence-electron chi connectivity index (χ3n) is 4.67. The van der Waals surface area contributed by atoms with Crippen molar-refractivity contribution >= 4 is 5.69 Å².